The van der Waals surface area contributed by atoms with Gasteiger partial charge >= 0.3 is 0 Å². The van der Waals surface area contributed by atoms with Gasteiger partial charge in [0.2, 0.25) is 11.6 Å². The largest absolute Gasteiger partial charge is 0.378 e. The van der Waals surface area contributed by atoms with Gasteiger partial charge in [-0.1, -0.05) is 35.1 Å². The molecular formula is C20H22N8O2S. The van der Waals surface area contributed by atoms with Crippen LogP contribution >= 0.6 is 11.8 Å². The molecule has 11 heteroatoms. The Kier molecular flexibility index (Phi) is 6.41. The van der Waals surface area contributed by atoms with Crippen molar-refractivity contribution in [3.63, 3.8) is 0 Å². The van der Waals surface area contributed by atoms with Crippen LogP contribution in [0, 0.1) is 12.8 Å². The van der Waals surface area contributed by atoms with E-state index in [1.807, 2.05) is 31.2 Å². The summed E-state index contributed by atoms with van der Waals surface area (Å²) < 4.78 is 6.06. The Balaban J connectivity index is 1.54. The fourth-order valence-corrected chi connectivity index (χ4v) is 4.00. The Morgan fingerprint density at radius 3 is 2.90 bits per heavy atom. The van der Waals surface area contributed by atoms with E-state index in [4.69, 9.17) is 5.73 Å². The minimum atomic E-state index is -0.455. The standard InChI is InChI=1S/C20H22N8O2S/c1-13-7-9-15(10-8-13)31-12-16-17(23-27-28(16)19-18(21)25-30-26-19)20(29)24-22-11-14-5-3-2-4-6-14/h2-3,7-11,14H,4-6,12H2,1H3,(H2,21,25)(H,24,29). The van der Waals surface area contributed by atoms with Crippen LogP contribution in [-0.2, 0) is 5.75 Å². The Morgan fingerprint density at radius 2 is 2.19 bits per heavy atom. The van der Waals surface area contributed by atoms with Gasteiger partial charge in [-0.2, -0.15) is 9.78 Å². The molecule has 0 saturated heterocycles. The number of nitrogen functional groups attached to an aromatic ring is 1. The van der Waals surface area contributed by atoms with Gasteiger partial charge in [-0.25, -0.2) is 10.1 Å². The number of thioether (sulfide) groups is 1. The van der Waals surface area contributed by atoms with Gasteiger partial charge in [0, 0.05) is 16.9 Å². The zero-order chi connectivity index (χ0) is 21.6. The highest BCUT2D eigenvalue weighted by molar-refractivity contribution is 7.98. The summed E-state index contributed by atoms with van der Waals surface area (Å²) in [6.45, 7) is 2.03. The highest BCUT2D eigenvalue weighted by Crippen LogP contribution is 2.26. The summed E-state index contributed by atoms with van der Waals surface area (Å²) in [6.07, 6.45) is 9.02. The minimum absolute atomic E-state index is 0.0572. The van der Waals surface area contributed by atoms with Gasteiger partial charge in [-0.05, 0) is 54.6 Å². The van der Waals surface area contributed by atoms with Crippen molar-refractivity contribution in [2.45, 2.75) is 36.8 Å². The summed E-state index contributed by atoms with van der Waals surface area (Å²) in [5.74, 6) is 0.509. The molecule has 2 aromatic heterocycles. The molecule has 3 N–H and O–H groups in total. The number of nitrogens with one attached hydrogen (secondary N) is 1. The number of amides is 1. The third-order valence-corrected chi connectivity index (χ3v) is 5.86. The van der Waals surface area contributed by atoms with Crippen molar-refractivity contribution in [1.29, 1.82) is 0 Å². The second-order valence-electron chi connectivity index (χ2n) is 7.13. The zero-order valence-corrected chi connectivity index (χ0v) is 17.7. The van der Waals surface area contributed by atoms with Crippen LogP contribution < -0.4 is 11.2 Å². The number of hydrogen-bond donors (Lipinski definition) is 2. The number of allylic oxidation sites excluding steroid dienone is 2. The quantitative estimate of drug-likeness (QED) is 0.249. The summed E-state index contributed by atoms with van der Waals surface area (Å²) >= 11 is 1.54. The Labute approximate surface area is 182 Å². The third-order valence-electron chi connectivity index (χ3n) is 4.83. The summed E-state index contributed by atoms with van der Waals surface area (Å²) in [6, 6.07) is 8.09. The second-order valence-corrected chi connectivity index (χ2v) is 8.18. The van der Waals surface area contributed by atoms with Crippen molar-refractivity contribution in [1.82, 2.24) is 30.7 Å². The van der Waals surface area contributed by atoms with Gasteiger partial charge in [-0.15, -0.1) is 16.9 Å². The lowest BCUT2D eigenvalue weighted by Gasteiger charge is -2.11. The smallest absolute Gasteiger partial charge is 0.293 e. The van der Waals surface area contributed by atoms with Crippen molar-refractivity contribution in [2.24, 2.45) is 11.0 Å². The first-order valence-corrected chi connectivity index (χ1v) is 10.8. The van der Waals surface area contributed by atoms with Gasteiger partial charge in [0.25, 0.3) is 5.91 Å². The van der Waals surface area contributed by atoms with Crippen LogP contribution in [0.2, 0.25) is 0 Å². The summed E-state index contributed by atoms with van der Waals surface area (Å²) in [5.41, 5.74) is 10.2. The zero-order valence-electron chi connectivity index (χ0n) is 16.9. The van der Waals surface area contributed by atoms with Crippen LogP contribution in [-0.4, -0.2) is 37.4 Å². The van der Waals surface area contributed by atoms with Crippen LogP contribution in [0.1, 0.15) is 41.0 Å². The van der Waals surface area contributed by atoms with Crippen molar-refractivity contribution < 1.29 is 9.42 Å². The Morgan fingerprint density at radius 1 is 1.35 bits per heavy atom. The minimum Gasteiger partial charge on any atom is -0.378 e. The van der Waals surface area contributed by atoms with Gasteiger partial charge in [0.1, 0.15) is 0 Å². The molecule has 1 aromatic carbocycles. The number of hydrogen-bond acceptors (Lipinski definition) is 9. The van der Waals surface area contributed by atoms with E-state index in [2.05, 4.69) is 47.9 Å². The van der Waals surface area contributed by atoms with E-state index >= 15 is 0 Å². The highest BCUT2D eigenvalue weighted by atomic mass is 32.2. The molecule has 3 aromatic rings. The molecule has 4 rings (SSSR count). The number of rotatable bonds is 7. The summed E-state index contributed by atoms with van der Waals surface area (Å²) in [5, 5.41) is 19.6. The molecule has 160 valence electrons. The maximum Gasteiger partial charge on any atom is 0.293 e. The molecule has 1 aliphatic rings. The molecule has 2 heterocycles. The lowest BCUT2D eigenvalue weighted by Crippen LogP contribution is -2.21. The lowest BCUT2D eigenvalue weighted by molar-refractivity contribution is 0.0949. The van der Waals surface area contributed by atoms with Gasteiger partial charge < -0.3 is 5.73 Å². The molecule has 1 atom stereocenters. The summed E-state index contributed by atoms with van der Waals surface area (Å²) in [7, 11) is 0. The van der Waals surface area contributed by atoms with Crippen LogP contribution in [0.25, 0.3) is 5.82 Å². The van der Waals surface area contributed by atoms with E-state index in [0.29, 0.717) is 17.4 Å². The molecule has 0 saturated carbocycles. The normalized spacial score (nSPS) is 16.1. The SMILES string of the molecule is Cc1ccc(SCc2c(C(=O)NN=CC3CC=CCC3)nnn2-c2nonc2N)cc1. The average molecular weight is 439 g/mol. The molecule has 1 aliphatic carbocycles. The average Bonchev–Trinajstić information content (AvgIpc) is 3.39. The fourth-order valence-electron chi connectivity index (χ4n) is 3.11. The van der Waals surface area contributed by atoms with Crippen LogP contribution in [0.5, 0.6) is 0 Å². The predicted molar refractivity (Wildman–Crippen MR) is 117 cm³/mol. The van der Waals surface area contributed by atoms with Gasteiger partial charge in [-0.3, -0.25) is 4.79 Å². The van der Waals surface area contributed by atoms with Crippen LogP contribution in [0.15, 0.2) is 51.0 Å². The van der Waals surface area contributed by atoms with Crippen molar-refractivity contribution in [3.8, 4) is 5.82 Å². The Hall–Kier alpha value is -3.47. The molecule has 1 unspecified atom stereocenters. The topological polar surface area (TPSA) is 137 Å². The number of carbonyl (C=O) groups excluding carboxylic acids is 1. The van der Waals surface area contributed by atoms with E-state index in [9.17, 15) is 4.79 Å². The van der Waals surface area contributed by atoms with Crippen LogP contribution in [0.4, 0.5) is 5.82 Å². The summed E-state index contributed by atoms with van der Waals surface area (Å²) in [4.78, 5) is 13.8. The molecule has 1 amide bonds. The molecule has 0 spiro atoms. The molecule has 0 bridgehead atoms. The number of nitrogens with zero attached hydrogens (tertiary/aromatic N) is 6. The fraction of sp³-hybridized carbons (Fsp3) is 0.300. The number of benzene rings is 1. The van der Waals surface area contributed by atoms with Crippen molar-refractivity contribution in [3.05, 3.63) is 53.4 Å². The lowest BCUT2D eigenvalue weighted by atomic mass is 9.96. The number of hydrazone groups is 1. The first-order valence-electron chi connectivity index (χ1n) is 9.83. The maximum atomic E-state index is 12.8. The first kappa shape index (κ1) is 20.8. The van der Waals surface area contributed by atoms with Crippen molar-refractivity contribution >= 4 is 29.7 Å². The van der Waals surface area contributed by atoms with E-state index in [1.165, 1.54) is 22.0 Å². The Bertz CT molecular complexity index is 1100. The molecule has 0 radical (unpaired) electrons. The van der Waals surface area contributed by atoms with E-state index in [0.717, 1.165) is 24.2 Å². The monoisotopic (exact) mass is 438 g/mol. The molecular weight excluding hydrogens is 416 g/mol. The third kappa shape index (κ3) is 5.00. The second kappa shape index (κ2) is 9.56. The predicted octanol–water partition coefficient (Wildman–Crippen LogP) is 2.91. The van der Waals surface area contributed by atoms with E-state index < -0.39 is 5.91 Å². The van der Waals surface area contributed by atoms with Gasteiger partial charge in [0.15, 0.2) is 5.69 Å². The molecule has 10 nitrogen and oxygen atoms in total. The molecule has 0 aliphatic heterocycles. The number of anilines is 1. The number of aromatic nitrogens is 5. The molecule has 31 heavy (non-hydrogen) atoms. The highest BCUT2D eigenvalue weighted by Gasteiger charge is 2.24. The van der Waals surface area contributed by atoms with E-state index in [-0.39, 0.29) is 17.3 Å². The number of carbonyl (C=O) groups is 1. The number of aryl methyl sites for hydroxylation is 1. The number of nitrogens with two attached hydrogens (primary N) is 1. The van der Waals surface area contributed by atoms with Gasteiger partial charge in [0.05, 0.1) is 5.69 Å². The first-order chi connectivity index (χ1) is 15.1. The van der Waals surface area contributed by atoms with Crippen molar-refractivity contribution in [2.75, 3.05) is 5.73 Å². The maximum absolute atomic E-state index is 12.8. The van der Waals surface area contributed by atoms with Crippen LogP contribution in [0.3, 0.4) is 0 Å². The van der Waals surface area contributed by atoms with E-state index in [1.54, 1.807) is 6.21 Å². The molecule has 0 fully saturated rings.